The molecule has 1 aromatic rings. The molecule has 0 bridgehead atoms. The Labute approximate surface area is 98.4 Å². The predicted molar refractivity (Wildman–Crippen MR) is 64.3 cm³/mol. The first-order chi connectivity index (χ1) is 7.13. The average molecular weight is 244 g/mol. The van der Waals surface area contributed by atoms with Crippen LogP contribution in [-0.4, -0.2) is 17.6 Å². The van der Waals surface area contributed by atoms with Gasteiger partial charge in [0.2, 0.25) is 0 Å². The minimum absolute atomic E-state index is 0.0409. The second-order valence-corrected chi connectivity index (χ2v) is 3.53. The lowest BCUT2D eigenvalue weighted by Crippen LogP contribution is -2.22. The van der Waals surface area contributed by atoms with E-state index in [4.69, 9.17) is 28.6 Å². The average Bonchev–Trinajstić information content (AvgIpc) is 2.22. The van der Waals surface area contributed by atoms with E-state index < -0.39 is 5.97 Å². The lowest BCUT2D eigenvalue weighted by molar-refractivity contribution is -0.134. The maximum atomic E-state index is 11.2. The van der Waals surface area contributed by atoms with Crippen LogP contribution in [0.25, 0.3) is 0 Å². The van der Waals surface area contributed by atoms with Crippen LogP contribution in [-0.2, 0) is 9.53 Å². The monoisotopic (exact) mass is 243 g/mol. The Hall–Kier alpha value is -1.13. The van der Waals surface area contributed by atoms with Crippen LogP contribution in [0.15, 0.2) is 24.3 Å². The number of nitrogens with one attached hydrogen (secondary N) is 1. The predicted octanol–water partition coefficient (Wildman–Crippen LogP) is 2.64. The van der Waals surface area contributed by atoms with Gasteiger partial charge in [-0.05, 0) is 31.2 Å². The van der Waals surface area contributed by atoms with Gasteiger partial charge in [0.1, 0.15) is 0 Å². The molecule has 0 aliphatic rings. The van der Waals surface area contributed by atoms with E-state index in [1.54, 1.807) is 31.2 Å². The molecule has 0 spiro atoms. The lowest BCUT2D eigenvalue weighted by Gasteiger charge is -2.06. The van der Waals surface area contributed by atoms with Crippen LogP contribution in [0.1, 0.15) is 6.92 Å². The number of thiocarbonyl (C=S) groups is 1. The number of rotatable bonds is 2. The molecular weight excluding hydrogens is 234 g/mol. The van der Waals surface area contributed by atoms with Crippen LogP contribution >= 0.6 is 23.8 Å². The molecular formula is C10H10ClNO2S. The maximum absolute atomic E-state index is 11.2. The van der Waals surface area contributed by atoms with Gasteiger partial charge in [0.05, 0.1) is 6.61 Å². The van der Waals surface area contributed by atoms with Crippen LogP contribution in [0, 0.1) is 0 Å². The first kappa shape index (κ1) is 11.9. The number of hydrogen-bond donors (Lipinski definition) is 1. The van der Waals surface area contributed by atoms with E-state index >= 15 is 0 Å². The Balaban J connectivity index is 2.58. The Kier molecular flexibility index (Phi) is 4.52. The molecule has 0 fully saturated rings. The number of ether oxygens (including phenoxy) is 1. The van der Waals surface area contributed by atoms with Crippen LogP contribution in [0.2, 0.25) is 5.02 Å². The molecule has 1 aromatic carbocycles. The van der Waals surface area contributed by atoms with Gasteiger partial charge in [-0.25, -0.2) is 4.79 Å². The van der Waals surface area contributed by atoms with Crippen molar-refractivity contribution in [1.82, 2.24) is 0 Å². The SMILES string of the molecule is CCOC(=O)C(=S)Nc1ccc(Cl)cc1. The first-order valence-corrected chi connectivity index (χ1v) is 5.15. The van der Waals surface area contributed by atoms with Crippen molar-refractivity contribution >= 4 is 40.5 Å². The van der Waals surface area contributed by atoms with Gasteiger partial charge in [-0.2, -0.15) is 0 Å². The normalized spacial score (nSPS) is 9.47. The zero-order valence-electron chi connectivity index (χ0n) is 8.12. The number of carbonyl (C=O) groups is 1. The molecule has 5 heteroatoms. The third-order valence-corrected chi connectivity index (χ3v) is 2.08. The quantitative estimate of drug-likeness (QED) is 0.640. The summed E-state index contributed by atoms with van der Waals surface area (Å²) in [5.41, 5.74) is 0.706. The minimum atomic E-state index is -0.526. The number of halogens is 1. The molecule has 1 N–H and O–H groups in total. The number of carbonyl (C=O) groups excluding carboxylic acids is 1. The molecule has 0 heterocycles. The highest BCUT2D eigenvalue weighted by atomic mass is 35.5. The Morgan fingerprint density at radius 2 is 2.07 bits per heavy atom. The van der Waals surface area contributed by atoms with E-state index in [9.17, 15) is 4.79 Å². The molecule has 3 nitrogen and oxygen atoms in total. The molecule has 0 aliphatic heterocycles. The largest absolute Gasteiger partial charge is 0.461 e. The zero-order chi connectivity index (χ0) is 11.3. The van der Waals surface area contributed by atoms with Crippen LogP contribution in [0.4, 0.5) is 5.69 Å². The summed E-state index contributed by atoms with van der Waals surface area (Å²) in [6.45, 7) is 2.03. The Morgan fingerprint density at radius 3 is 2.60 bits per heavy atom. The van der Waals surface area contributed by atoms with Gasteiger partial charge >= 0.3 is 5.97 Å². The standard InChI is InChI=1S/C10H10ClNO2S/c1-2-14-10(13)9(15)12-8-5-3-7(11)4-6-8/h3-6H,2H2,1H3,(H,12,15). The van der Waals surface area contributed by atoms with Crippen molar-refractivity contribution < 1.29 is 9.53 Å². The third kappa shape index (κ3) is 3.85. The van der Waals surface area contributed by atoms with Crippen molar-refractivity contribution in [3.05, 3.63) is 29.3 Å². The molecule has 15 heavy (non-hydrogen) atoms. The highest BCUT2D eigenvalue weighted by Gasteiger charge is 2.09. The summed E-state index contributed by atoms with van der Waals surface area (Å²) in [7, 11) is 0. The summed E-state index contributed by atoms with van der Waals surface area (Å²) >= 11 is 10.5. The van der Waals surface area contributed by atoms with E-state index in [1.807, 2.05) is 0 Å². The Bertz CT molecular complexity index is 364. The number of anilines is 1. The molecule has 0 atom stereocenters. The highest BCUT2D eigenvalue weighted by Crippen LogP contribution is 2.13. The van der Waals surface area contributed by atoms with Gasteiger partial charge in [0.25, 0.3) is 0 Å². The molecule has 0 aromatic heterocycles. The fourth-order valence-electron chi connectivity index (χ4n) is 0.912. The molecule has 0 saturated heterocycles. The summed E-state index contributed by atoms with van der Waals surface area (Å²) in [6, 6.07) is 6.87. The van der Waals surface area contributed by atoms with Crippen LogP contribution in [0.5, 0.6) is 0 Å². The lowest BCUT2D eigenvalue weighted by atomic mass is 10.3. The van der Waals surface area contributed by atoms with Gasteiger partial charge in [0, 0.05) is 10.7 Å². The van der Waals surface area contributed by atoms with Crippen molar-refractivity contribution in [2.24, 2.45) is 0 Å². The van der Waals surface area contributed by atoms with Gasteiger partial charge in [0.15, 0.2) is 4.99 Å². The summed E-state index contributed by atoms with van der Waals surface area (Å²) in [5, 5.41) is 3.38. The summed E-state index contributed by atoms with van der Waals surface area (Å²) in [4.78, 5) is 11.2. The molecule has 0 amide bonds. The summed E-state index contributed by atoms with van der Waals surface area (Å²) in [5.74, 6) is -0.526. The molecule has 80 valence electrons. The first-order valence-electron chi connectivity index (χ1n) is 4.37. The van der Waals surface area contributed by atoms with E-state index in [2.05, 4.69) is 5.32 Å². The van der Waals surface area contributed by atoms with E-state index in [0.717, 1.165) is 0 Å². The number of esters is 1. The molecule has 0 unspecified atom stereocenters. The zero-order valence-corrected chi connectivity index (χ0v) is 9.69. The third-order valence-electron chi connectivity index (χ3n) is 1.56. The topological polar surface area (TPSA) is 38.3 Å². The van der Waals surface area contributed by atoms with E-state index in [0.29, 0.717) is 17.3 Å². The molecule has 0 saturated carbocycles. The minimum Gasteiger partial charge on any atom is -0.461 e. The van der Waals surface area contributed by atoms with E-state index in [1.165, 1.54) is 0 Å². The molecule has 0 radical (unpaired) electrons. The van der Waals surface area contributed by atoms with Crippen LogP contribution in [0.3, 0.4) is 0 Å². The Morgan fingerprint density at radius 1 is 1.47 bits per heavy atom. The van der Waals surface area contributed by atoms with Crippen molar-refractivity contribution in [3.8, 4) is 0 Å². The smallest absolute Gasteiger partial charge is 0.366 e. The van der Waals surface area contributed by atoms with Gasteiger partial charge < -0.3 is 10.1 Å². The second kappa shape index (κ2) is 5.68. The summed E-state index contributed by atoms with van der Waals surface area (Å²) < 4.78 is 4.73. The fourth-order valence-corrected chi connectivity index (χ4v) is 1.21. The molecule has 1 rings (SSSR count). The highest BCUT2D eigenvalue weighted by molar-refractivity contribution is 7.82. The van der Waals surface area contributed by atoms with Crippen LogP contribution < -0.4 is 5.32 Å². The van der Waals surface area contributed by atoms with Gasteiger partial charge in [-0.3, -0.25) is 0 Å². The van der Waals surface area contributed by atoms with E-state index in [-0.39, 0.29) is 4.99 Å². The van der Waals surface area contributed by atoms with Crippen molar-refractivity contribution in [3.63, 3.8) is 0 Å². The van der Waals surface area contributed by atoms with Gasteiger partial charge in [-0.15, -0.1) is 0 Å². The van der Waals surface area contributed by atoms with Crippen molar-refractivity contribution in [1.29, 1.82) is 0 Å². The maximum Gasteiger partial charge on any atom is 0.366 e. The van der Waals surface area contributed by atoms with Crippen molar-refractivity contribution in [2.45, 2.75) is 6.92 Å². The second-order valence-electron chi connectivity index (χ2n) is 2.68. The number of hydrogen-bond acceptors (Lipinski definition) is 3. The number of benzene rings is 1. The van der Waals surface area contributed by atoms with Crippen molar-refractivity contribution in [2.75, 3.05) is 11.9 Å². The van der Waals surface area contributed by atoms with Gasteiger partial charge in [-0.1, -0.05) is 23.8 Å². The summed E-state index contributed by atoms with van der Waals surface area (Å²) in [6.07, 6.45) is 0. The fraction of sp³-hybridized carbons (Fsp3) is 0.200. The molecule has 0 aliphatic carbocycles.